The Bertz CT molecular complexity index is 686. The summed E-state index contributed by atoms with van der Waals surface area (Å²) >= 11 is 0. The molecule has 0 bridgehead atoms. The summed E-state index contributed by atoms with van der Waals surface area (Å²) in [5.41, 5.74) is 1.66. The number of carbonyl (C=O) groups is 1. The van der Waals surface area contributed by atoms with Crippen molar-refractivity contribution in [2.24, 2.45) is 0 Å². The number of hydrogen-bond acceptors (Lipinski definition) is 3. The fourth-order valence-electron chi connectivity index (χ4n) is 3.04. The third kappa shape index (κ3) is 2.91. The van der Waals surface area contributed by atoms with Crippen molar-refractivity contribution in [3.8, 4) is 0 Å². The summed E-state index contributed by atoms with van der Waals surface area (Å²) in [6, 6.07) is 10.2. The lowest BCUT2D eigenvalue weighted by atomic mass is 10.0. The first-order chi connectivity index (χ1) is 10.5. The minimum absolute atomic E-state index is 0.0720. The second-order valence-corrected chi connectivity index (χ2v) is 6.75. The lowest BCUT2D eigenvalue weighted by Gasteiger charge is -2.29. The standard InChI is InChI=1S/C18H22N2O2/c1-18(2,3)22-17(21)20-12-6-9-16(20)14-10-11-19-15-8-5-4-7-13(14)15/h4-5,7-8,10-11,16H,6,9,12H2,1-3H3/t16-/m0/s1. The van der Waals surface area contributed by atoms with Crippen LogP contribution in [0, 0.1) is 0 Å². The zero-order valence-electron chi connectivity index (χ0n) is 13.4. The van der Waals surface area contributed by atoms with E-state index in [1.807, 2.05) is 56.1 Å². The van der Waals surface area contributed by atoms with E-state index in [4.69, 9.17) is 4.74 Å². The van der Waals surface area contributed by atoms with E-state index in [1.165, 1.54) is 0 Å². The molecule has 1 aromatic carbocycles. The van der Waals surface area contributed by atoms with Crippen molar-refractivity contribution in [1.29, 1.82) is 0 Å². The van der Waals surface area contributed by atoms with E-state index in [1.54, 1.807) is 0 Å². The first-order valence-electron chi connectivity index (χ1n) is 7.79. The van der Waals surface area contributed by atoms with Crippen LogP contribution in [-0.4, -0.2) is 28.1 Å². The predicted molar refractivity (Wildman–Crippen MR) is 86.7 cm³/mol. The minimum Gasteiger partial charge on any atom is -0.444 e. The fraction of sp³-hybridized carbons (Fsp3) is 0.444. The van der Waals surface area contributed by atoms with Crippen molar-refractivity contribution in [3.05, 3.63) is 42.1 Å². The second kappa shape index (κ2) is 5.59. The van der Waals surface area contributed by atoms with Gasteiger partial charge in [-0.05, 0) is 51.3 Å². The molecule has 0 saturated carbocycles. The van der Waals surface area contributed by atoms with Crippen LogP contribution in [0.3, 0.4) is 0 Å². The van der Waals surface area contributed by atoms with Crippen LogP contribution in [0.4, 0.5) is 4.79 Å². The number of likely N-dealkylation sites (tertiary alicyclic amines) is 1. The average molecular weight is 298 g/mol. The van der Waals surface area contributed by atoms with Gasteiger partial charge < -0.3 is 9.64 Å². The molecule has 1 aliphatic rings. The molecule has 4 nitrogen and oxygen atoms in total. The van der Waals surface area contributed by atoms with Gasteiger partial charge in [0.15, 0.2) is 0 Å². The van der Waals surface area contributed by atoms with Crippen LogP contribution in [0.25, 0.3) is 10.9 Å². The van der Waals surface area contributed by atoms with Gasteiger partial charge in [-0.2, -0.15) is 0 Å². The van der Waals surface area contributed by atoms with Gasteiger partial charge >= 0.3 is 6.09 Å². The van der Waals surface area contributed by atoms with E-state index < -0.39 is 5.60 Å². The number of pyridine rings is 1. The second-order valence-electron chi connectivity index (χ2n) is 6.75. The van der Waals surface area contributed by atoms with Gasteiger partial charge in [0.25, 0.3) is 0 Å². The van der Waals surface area contributed by atoms with Gasteiger partial charge in [-0.3, -0.25) is 4.98 Å². The van der Waals surface area contributed by atoms with E-state index >= 15 is 0 Å². The number of amides is 1. The van der Waals surface area contributed by atoms with E-state index in [-0.39, 0.29) is 12.1 Å². The topological polar surface area (TPSA) is 42.4 Å². The molecule has 0 spiro atoms. The highest BCUT2D eigenvalue weighted by atomic mass is 16.6. The van der Waals surface area contributed by atoms with Gasteiger partial charge in [-0.15, -0.1) is 0 Å². The summed E-state index contributed by atoms with van der Waals surface area (Å²) in [6.45, 7) is 6.45. The summed E-state index contributed by atoms with van der Waals surface area (Å²) in [7, 11) is 0. The van der Waals surface area contributed by atoms with Gasteiger partial charge in [-0.1, -0.05) is 18.2 Å². The number of nitrogens with zero attached hydrogens (tertiary/aromatic N) is 2. The smallest absolute Gasteiger partial charge is 0.410 e. The summed E-state index contributed by atoms with van der Waals surface area (Å²) in [5, 5.41) is 1.12. The van der Waals surface area contributed by atoms with Crippen molar-refractivity contribution in [1.82, 2.24) is 9.88 Å². The van der Waals surface area contributed by atoms with Crippen molar-refractivity contribution in [2.75, 3.05) is 6.54 Å². The van der Waals surface area contributed by atoms with Crippen LogP contribution >= 0.6 is 0 Å². The Balaban J connectivity index is 1.94. The maximum absolute atomic E-state index is 12.5. The molecule has 0 aliphatic carbocycles. The Morgan fingerprint density at radius 1 is 1.27 bits per heavy atom. The fourth-order valence-corrected chi connectivity index (χ4v) is 3.04. The van der Waals surface area contributed by atoms with Crippen LogP contribution in [0.1, 0.15) is 45.2 Å². The molecule has 1 atom stereocenters. The molecule has 1 aliphatic heterocycles. The number of aromatic nitrogens is 1. The summed E-state index contributed by atoms with van der Waals surface area (Å²) in [4.78, 5) is 18.7. The zero-order valence-corrected chi connectivity index (χ0v) is 13.4. The number of benzene rings is 1. The Labute approximate surface area is 131 Å². The molecule has 0 unspecified atom stereocenters. The Kier molecular flexibility index (Phi) is 3.77. The Hall–Kier alpha value is -2.10. The van der Waals surface area contributed by atoms with Crippen LogP contribution in [0.15, 0.2) is 36.5 Å². The molecule has 3 rings (SSSR count). The molecule has 116 valence electrons. The quantitative estimate of drug-likeness (QED) is 0.788. The first-order valence-corrected chi connectivity index (χ1v) is 7.79. The lowest BCUT2D eigenvalue weighted by Crippen LogP contribution is -2.36. The van der Waals surface area contributed by atoms with Crippen LogP contribution in [0.2, 0.25) is 0 Å². The van der Waals surface area contributed by atoms with E-state index in [0.717, 1.165) is 35.9 Å². The summed E-state index contributed by atoms with van der Waals surface area (Å²) in [5.74, 6) is 0. The van der Waals surface area contributed by atoms with Crippen LogP contribution in [0.5, 0.6) is 0 Å². The Morgan fingerprint density at radius 3 is 2.82 bits per heavy atom. The van der Waals surface area contributed by atoms with Crippen LogP contribution in [-0.2, 0) is 4.74 Å². The van der Waals surface area contributed by atoms with Gasteiger partial charge in [0, 0.05) is 18.1 Å². The van der Waals surface area contributed by atoms with Gasteiger partial charge in [-0.25, -0.2) is 4.79 Å². The highest BCUT2D eigenvalue weighted by Crippen LogP contribution is 2.36. The molecule has 1 fully saturated rings. The molecule has 0 N–H and O–H groups in total. The average Bonchev–Trinajstić information content (AvgIpc) is 2.94. The van der Waals surface area contributed by atoms with Crippen molar-refractivity contribution < 1.29 is 9.53 Å². The monoisotopic (exact) mass is 298 g/mol. The number of fused-ring (bicyclic) bond motifs is 1. The number of hydrogen-bond donors (Lipinski definition) is 0. The number of rotatable bonds is 1. The van der Waals surface area contributed by atoms with Gasteiger partial charge in [0.1, 0.15) is 5.60 Å². The molecule has 1 amide bonds. The molecule has 0 radical (unpaired) electrons. The molecule has 2 heterocycles. The largest absolute Gasteiger partial charge is 0.444 e. The first kappa shape index (κ1) is 14.8. The van der Waals surface area contributed by atoms with Gasteiger partial charge in [0.2, 0.25) is 0 Å². The SMILES string of the molecule is CC(C)(C)OC(=O)N1CCC[C@H]1c1ccnc2ccccc12. The molecular weight excluding hydrogens is 276 g/mol. The van der Waals surface area contributed by atoms with Crippen molar-refractivity contribution >= 4 is 17.0 Å². The normalized spacial score (nSPS) is 18.7. The Morgan fingerprint density at radius 2 is 2.05 bits per heavy atom. The molecular formula is C18H22N2O2. The van der Waals surface area contributed by atoms with Gasteiger partial charge in [0.05, 0.1) is 11.6 Å². The van der Waals surface area contributed by atoms with E-state index in [9.17, 15) is 4.79 Å². The highest BCUT2D eigenvalue weighted by Gasteiger charge is 2.33. The third-order valence-corrected chi connectivity index (χ3v) is 3.92. The summed E-state index contributed by atoms with van der Waals surface area (Å²) in [6.07, 6.45) is 3.56. The molecule has 4 heteroatoms. The third-order valence-electron chi connectivity index (χ3n) is 3.92. The molecule has 22 heavy (non-hydrogen) atoms. The number of ether oxygens (including phenoxy) is 1. The minimum atomic E-state index is -0.468. The predicted octanol–water partition coefficient (Wildman–Crippen LogP) is 4.31. The maximum atomic E-state index is 12.5. The molecule has 2 aromatic rings. The van der Waals surface area contributed by atoms with Crippen molar-refractivity contribution in [3.63, 3.8) is 0 Å². The zero-order chi connectivity index (χ0) is 15.7. The molecule has 1 aromatic heterocycles. The number of para-hydroxylation sites is 1. The van der Waals surface area contributed by atoms with Crippen LogP contribution < -0.4 is 0 Å². The summed E-state index contributed by atoms with van der Waals surface area (Å²) < 4.78 is 5.56. The number of carbonyl (C=O) groups excluding carboxylic acids is 1. The molecule has 1 saturated heterocycles. The maximum Gasteiger partial charge on any atom is 0.410 e. The lowest BCUT2D eigenvalue weighted by molar-refractivity contribution is 0.0225. The van der Waals surface area contributed by atoms with E-state index in [0.29, 0.717) is 0 Å². The van der Waals surface area contributed by atoms with Crippen molar-refractivity contribution in [2.45, 2.75) is 45.3 Å². The highest BCUT2D eigenvalue weighted by molar-refractivity contribution is 5.83. The van der Waals surface area contributed by atoms with E-state index in [2.05, 4.69) is 11.1 Å².